The SMILES string of the molecule is CN=C(NCc1ccc(-n2cccn2)cc1)NCC(c1ccc(OC)cc1)N1CCCC1.I. The predicted molar refractivity (Wildman–Crippen MR) is 144 cm³/mol. The molecule has 8 heteroatoms. The monoisotopic (exact) mass is 560 g/mol. The molecule has 7 nitrogen and oxygen atoms in total. The summed E-state index contributed by atoms with van der Waals surface area (Å²) in [4.78, 5) is 6.97. The molecule has 1 aliphatic heterocycles. The van der Waals surface area contributed by atoms with Crippen LogP contribution in [-0.4, -0.2) is 54.4 Å². The smallest absolute Gasteiger partial charge is 0.191 e. The molecule has 1 atom stereocenters. The van der Waals surface area contributed by atoms with Crippen molar-refractivity contribution in [1.82, 2.24) is 25.3 Å². The van der Waals surface area contributed by atoms with Gasteiger partial charge in [-0.1, -0.05) is 24.3 Å². The third-order valence-corrected chi connectivity index (χ3v) is 5.93. The van der Waals surface area contributed by atoms with E-state index in [1.165, 1.54) is 24.0 Å². The summed E-state index contributed by atoms with van der Waals surface area (Å²) in [6.45, 7) is 3.76. The second-order valence-electron chi connectivity index (χ2n) is 7.96. The Kier molecular flexibility index (Phi) is 9.56. The van der Waals surface area contributed by atoms with E-state index in [4.69, 9.17) is 4.74 Å². The number of hydrogen-bond donors (Lipinski definition) is 2. The van der Waals surface area contributed by atoms with Crippen LogP contribution in [-0.2, 0) is 6.54 Å². The molecule has 2 N–H and O–H groups in total. The van der Waals surface area contributed by atoms with Gasteiger partial charge in [-0.3, -0.25) is 9.89 Å². The summed E-state index contributed by atoms with van der Waals surface area (Å²) in [5.74, 6) is 1.69. The maximum atomic E-state index is 5.33. The van der Waals surface area contributed by atoms with Crippen LogP contribution in [0.4, 0.5) is 0 Å². The van der Waals surface area contributed by atoms with Crippen molar-refractivity contribution < 1.29 is 4.74 Å². The molecule has 1 aliphatic rings. The number of methoxy groups -OCH3 is 1. The van der Waals surface area contributed by atoms with Crippen LogP contribution in [0.5, 0.6) is 5.75 Å². The number of ether oxygens (including phenoxy) is 1. The van der Waals surface area contributed by atoms with Gasteiger partial charge in [0.2, 0.25) is 0 Å². The molecule has 1 aromatic heterocycles. The number of likely N-dealkylation sites (tertiary alicyclic amines) is 1. The number of aliphatic imine (C=N–C) groups is 1. The summed E-state index contributed by atoms with van der Waals surface area (Å²) < 4.78 is 7.19. The van der Waals surface area contributed by atoms with Crippen LogP contribution in [0, 0.1) is 0 Å². The topological polar surface area (TPSA) is 66.7 Å². The first-order chi connectivity index (χ1) is 15.8. The van der Waals surface area contributed by atoms with Crippen LogP contribution in [0.1, 0.15) is 30.0 Å². The number of hydrogen-bond acceptors (Lipinski definition) is 4. The van der Waals surface area contributed by atoms with E-state index in [0.29, 0.717) is 12.6 Å². The molecule has 0 amide bonds. The van der Waals surface area contributed by atoms with Crippen molar-refractivity contribution in [2.24, 2.45) is 4.99 Å². The Hall–Kier alpha value is -2.59. The van der Waals surface area contributed by atoms with Crippen molar-refractivity contribution in [2.75, 3.05) is 33.8 Å². The van der Waals surface area contributed by atoms with Gasteiger partial charge in [0.1, 0.15) is 5.75 Å². The maximum Gasteiger partial charge on any atom is 0.191 e. The van der Waals surface area contributed by atoms with Crippen LogP contribution in [0.15, 0.2) is 72.0 Å². The molecule has 0 bridgehead atoms. The van der Waals surface area contributed by atoms with Crippen molar-refractivity contribution in [3.8, 4) is 11.4 Å². The normalized spacial score (nSPS) is 15.0. The van der Waals surface area contributed by atoms with Gasteiger partial charge >= 0.3 is 0 Å². The van der Waals surface area contributed by atoms with E-state index in [-0.39, 0.29) is 24.0 Å². The molecule has 0 radical (unpaired) electrons. The van der Waals surface area contributed by atoms with E-state index in [1.807, 2.05) is 36.1 Å². The molecule has 0 aliphatic carbocycles. The van der Waals surface area contributed by atoms with Crippen LogP contribution in [0.25, 0.3) is 5.69 Å². The van der Waals surface area contributed by atoms with Crippen LogP contribution in [0.3, 0.4) is 0 Å². The summed E-state index contributed by atoms with van der Waals surface area (Å²) >= 11 is 0. The number of rotatable bonds is 8. The lowest BCUT2D eigenvalue weighted by atomic mass is 10.1. The average Bonchev–Trinajstić information content (AvgIpc) is 3.57. The number of aromatic nitrogens is 2. The first kappa shape index (κ1) is 25.0. The van der Waals surface area contributed by atoms with E-state index in [9.17, 15) is 0 Å². The fraction of sp³-hybridized carbons (Fsp3) is 0.360. The molecule has 3 aromatic rings. The number of benzene rings is 2. The van der Waals surface area contributed by atoms with Gasteiger partial charge in [0, 0.05) is 32.5 Å². The lowest BCUT2D eigenvalue weighted by Gasteiger charge is -2.29. The molecule has 2 heterocycles. The number of guanidine groups is 1. The highest BCUT2D eigenvalue weighted by Gasteiger charge is 2.23. The van der Waals surface area contributed by atoms with E-state index in [2.05, 4.69) is 62.0 Å². The summed E-state index contributed by atoms with van der Waals surface area (Å²) in [7, 11) is 3.52. The minimum atomic E-state index is 0. The molecule has 176 valence electrons. The highest BCUT2D eigenvalue weighted by molar-refractivity contribution is 14.0. The lowest BCUT2D eigenvalue weighted by molar-refractivity contribution is 0.245. The maximum absolute atomic E-state index is 5.33. The van der Waals surface area contributed by atoms with Crippen molar-refractivity contribution >= 4 is 29.9 Å². The molecule has 2 aromatic carbocycles. The standard InChI is InChI=1S/C25H32N6O.HI/c1-26-25(27-18-20-6-10-22(11-7-20)31-17-5-14-29-31)28-19-24(30-15-3-4-16-30)21-8-12-23(32-2)13-9-21;/h5-14,17,24H,3-4,15-16,18-19H2,1-2H3,(H2,26,27,28);1H. The largest absolute Gasteiger partial charge is 0.497 e. The highest BCUT2D eigenvalue weighted by atomic mass is 127. The summed E-state index contributed by atoms with van der Waals surface area (Å²) in [5.41, 5.74) is 3.54. The van der Waals surface area contributed by atoms with Crippen LogP contribution < -0.4 is 15.4 Å². The minimum absolute atomic E-state index is 0. The molecular formula is C25H33IN6O. The fourth-order valence-corrected chi connectivity index (χ4v) is 4.12. The van der Waals surface area contributed by atoms with Gasteiger partial charge in [-0.25, -0.2) is 4.68 Å². The Bertz CT molecular complexity index is 983. The van der Waals surface area contributed by atoms with Crippen molar-refractivity contribution in [2.45, 2.75) is 25.4 Å². The van der Waals surface area contributed by atoms with Crippen molar-refractivity contribution in [3.05, 3.63) is 78.1 Å². The van der Waals surface area contributed by atoms with Crippen molar-refractivity contribution in [1.29, 1.82) is 0 Å². The Balaban J connectivity index is 0.00000306. The third kappa shape index (κ3) is 6.70. The molecule has 0 saturated carbocycles. The summed E-state index contributed by atoms with van der Waals surface area (Å²) in [5, 5.41) is 11.2. The second kappa shape index (κ2) is 12.6. The average molecular weight is 560 g/mol. The van der Waals surface area contributed by atoms with Crippen molar-refractivity contribution in [3.63, 3.8) is 0 Å². The van der Waals surface area contributed by atoms with Crippen LogP contribution >= 0.6 is 24.0 Å². The molecule has 0 spiro atoms. The first-order valence-electron chi connectivity index (χ1n) is 11.2. The number of halogens is 1. The summed E-state index contributed by atoms with van der Waals surface area (Å²) in [6.07, 6.45) is 6.24. The Labute approximate surface area is 213 Å². The number of nitrogens with one attached hydrogen (secondary N) is 2. The molecule has 1 unspecified atom stereocenters. The predicted octanol–water partition coefficient (Wildman–Crippen LogP) is 4.00. The second-order valence-corrected chi connectivity index (χ2v) is 7.96. The van der Waals surface area contributed by atoms with Gasteiger partial charge in [0.15, 0.2) is 5.96 Å². The van der Waals surface area contributed by atoms with Gasteiger partial charge in [-0.05, 0) is 67.4 Å². The van der Waals surface area contributed by atoms with E-state index in [1.54, 1.807) is 13.3 Å². The third-order valence-electron chi connectivity index (χ3n) is 5.93. The lowest BCUT2D eigenvalue weighted by Crippen LogP contribution is -2.42. The quantitative estimate of drug-likeness (QED) is 0.248. The highest BCUT2D eigenvalue weighted by Crippen LogP contribution is 2.26. The first-order valence-corrected chi connectivity index (χ1v) is 11.2. The zero-order chi connectivity index (χ0) is 22.2. The zero-order valence-corrected chi connectivity index (χ0v) is 21.6. The molecule has 33 heavy (non-hydrogen) atoms. The summed E-state index contributed by atoms with van der Waals surface area (Å²) in [6, 6.07) is 19.0. The van der Waals surface area contributed by atoms with E-state index < -0.39 is 0 Å². The molecule has 1 fully saturated rings. The Morgan fingerprint density at radius 2 is 1.79 bits per heavy atom. The van der Waals surface area contributed by atoms with Gasteiger partial charge in [-0.2, -0.15) is 5.10 Å². The van der Waals surface area contributed by atoms with Gasteiger partial charge in [0.25, 0.3) is 0 Å². The molecular weight excluding hydrogens is 527 g/mol. The van der Waals surface area contributed by atoms with Crippen LogP contribution in [0.2, 0.25) is 0 Å². The Morgan fingerprint density at radius 3 is 2.39 bits per heavy atom. The minimum Gasteiger partial charge on any atom is -0.497 e. The van der Waals surface area contributed by atoms with E-state index in [0.717, 1.165) is 37.0 Å². The molecule has 1 saturated heterocycles. The molecule has 4 rings (SSSR count). The van der Waals surface area contributed by atoms with E-state index >= 15 is 0 Å². The zero-order valence-electron chi connectivity index (χ0n) is 19.3. The fourth-order valence-electron chi connectivity index (χ4n) is 4.12. The van der Waals surface area contributed by atoms with Gasteiger partial charge < -0.3 is 15.4 Å². The van der Waals surface area contributed by atoms with Gasteiger partial charge in [-0.15, -0.1) is 24.0 Å². The Morgan fingerprint density at radius 1 is 1.06 bits per heavy atom. The van der Waals surface area contributed by atoms with Gasteiger partial charge in [0.05, 0.1) is 18.8 Å². The number of nitrogens with zero attached hydrogens (tertiary/aromatic N) is 4.